The van der Waals surface area contributed by atoms with Crippen LogP contribution in [-0.2, 0) is 4.74 Å². The standard InChI is InChI=1S/C13H15N3O3/c14-10-3-1-4-11(9-10)16-6-5-12(15-16)13(18)19-8-2-7-17/h1,3-6,9,17H,2,7-8,14H2. The van der Waals surface area contributed by atoms with Crippen molar-refractivity contribution in [2.24, 2.45) is 0 Å². The SMILES string of the molecule is Nc1cccc(-n2ccc(C(=O)OCCCO)n2)c1. The Bertz CT molecular complexity index is 566. The Morgan fingerprint density at radius 2 is 2.26 bits per heavy atom. The number of ether oxygens (including phenoxy) is 1. The molecule has 0 aliphatic rings. The van der Waals surface area contributed by atoms with Gasteiger partial charge in [0.1, 0.15) is 0 Å². The first-order valence-electron chi connectivity index (χ1n) is 5.90. The van der Waals surface area contributed by atoms with Crippen LogP contribution in [0.5, 0.6) is 0 Å². The van der Waals surface area contributed by atoms with E-state index in [1.54, 1.807) is 29.1 Å². The Labute approximate surface area is 110 Å². The van der Waals surface area contributed by atoms with E-state index >= 15 is 0 Å². The van der Waals surface area contributed by atoms with Crippen molar-refractivity contribution in [3.8, 4) is 5.69 Å². The molecule has 0 bridgehead atoms. The lowest BCUT2D eigenvalue weighted by molar-refractivity contribution is 0.0475. The molecule has 2 rings (SSSR count). The van der Waals surface area contributed by atoms with Gasteiger partial charge in [0.05, 0.1) is 12.3 Å². The molecule has 0 saturated heterocycles. The lowest BCUT2D eigenvalue weighted by atomic mass is 10.3. The van der Waals surface area contributed by atoms with E-state index in [-0.39, 0.29) is 18.9 Å². The molecular formula is C13H15N3O3. The Hall–Kier alpha value is -2.34. The highest BCUT2D eigenvalue weighted by Crippen LogP contribution is 2.12. The number of hydrogen-bond acceptors (Lipinski definition) is 5. The summed E-state index contributed by atoms with van der Waals surface area (Å²) >= 11 is 0. The molecule has 0 aliphatic carbocycles. The van der Waals surface area contributed by atoms with Crippen molar-refractivity contribution in [3.63, 3.8) is 0 Å². The quantitative estimate of drug-likeness (QED) is 0.476. The molecule has 19 heavy (non-hydrogen) atoms. The molecule has 3 N–H and O–H groups in total. The van der Waals surface area contributed by atoms with Gasteiger partial charge in [-0.1, -0.05) is 6.07 Å². The lowest BCUT2D eigenvalue weighted by Gasteiger charge is -2.02. The van der Waals surface area contributed by atoms with Crippen LogP contribution in [-0.4, -0.2) is 34.1 Å². The summed E-state index contributed by atoms with van der Waals surface area (Å²) in [6.45, 7) is 0.172. The van der Waals surface area contributed by atoms with Crippen LogP contribution in [0.25, 0.3) is 5.69 Å². The summed E-state index contributed by atoms with van der Waals surface area (Å²) in [7, 11) is 0. The van der Waals surface area contributed by atoms with E-state index < -0.39 is 5.97 Å². The topological polar surface area (TPSA) is 90.4 Å². The van der Waals surface area contributed by atoms with Crippen LogP contribution in [0, 0.1) is 0 Å². The molecule has 0 aliphatic heterocycles. The fourth-order valence-corrected chi connectivity index (χ4v) is 1.55. The van der Waals surface area contributed by atoms with Crippen molar-refractivity contribution in [3.05, 3.63) is 42.2 Å². The van der Waals surface area contributed by atoms with Crippen LogP contribution in [0.3, 0.4) is 0 Å². The molecule has 1 heterocycles. The monoisotopic (exact) mass is 261 g/mol. The van der Waals surface area contributed by atoms with Gasteiger partial charge in [0.25, 0.3) is 0 Å². The van der Waals surface area contributed by atoms with Crippen molar-refractivity contribution in [1.29, 1.82) is 0 Å². The average molecular weight is 261 g/mol. The molecule has 0 fully saturated rings. The molecule has 6 heteroatoms. The number of nitrogen functional groups attached to an aromatic ring is 1. The first-order valence-corrected chi connectivity index (χ1v) is 5.90. The normalized spacial score (nSPS) is 10.4. The highest BCUT2D eigenvalue weighted by atomic mass is 16.5. The largest absolute Gasteiger partial charge is 0.461 e. The number of benzene rings is 1. The van der Waals surface area contributed by atoms with Crippen LogP contribution in [0.1, 0.15) is 16.9 Å². The molecular weight excluding hydrogens is 246 g/mol. The number of aliphatic hydroxyl groups excluding tert-OH is 1. The van der Waals surface area contributed by atoms with Gasteiger partial charge in [-0.25, -0.2) is 9.48 Å². The summed E-state index contributed by atoms with van der Waals surface area (Å²) in [4.78, 5) is 11.6. The van der Waals surface area contributed by atoms with E-state index in [1.807, 2.05) is 12.1 Å². The van der Waals surface area contributed by atoms with Crippen molar-refractivity contribution in [2.75, 3.05) is 18.9 Å². The third kappa shape index (κ3) is 3.32. The van der Waals surface area contributed by atoms with Crippen LogP contribution in [0.2, 0.25) is 0 Å². The predicted molar refractivity (Wildman–Crippen MR) is 70.0 cm³/mol. The zero-order chi connectivity index (χ0) is 13.7. The maximum Gasteiger partial charge on any atom is 0.358 e. The average Bonchev–Trinajstić information content (AvgIpc) is 2.88. The molecule has 0 atom stereocenters. The molecule has 6 nitrogen and oxygen atoms in total. The number of nitrogens with zero attached hydrogens (tertiary/aromatic N) is 2. The van der Waals surface area contributed by atoms with E-state index in [0.717, 1.165) is 5.69 Å². The fraction of sp³-hybridized carbons (Fsp3) is 0.231. The fourth-order valence-electron chi connectivity index (χ4n) is 1.55. The van der Waals surface area contributed by atoms with Crippen molar-refractivity contribution < 1.29 is 14.6 Å². The van der Waals surface area contributed by atoms with Crippen LogP contribution in [0.15, 0.2) is 36.5 Å². The van der Waals surface area contributed by atoms with Crippen LogP contribution >= 0.6 is 0 Å². The van der Waals surface area contributed by atoms with Crippen molar-refractivity contribution >= 4 is 11.7 Å². The van der Waals surface area contributed by atoms with E-state index in [1.165, 1.54) is 0 Å². The summed E-state index contributed by atoms with van der Waals surface area (Å²) in [5.74, 6) is -0.504. The molecule has 0 radical (unpaired) electrons. The minimum absolute atomic E-state index is 0.00892. The maximum absolute atomic E-state index is 11.6. The number of carbonyl (C=O) groups excluding carboxylic acids is 1. The number of aliphatic hydroxyl groups is 1. The number of esters is 1. The van der Waals surface area contributed by atoms with Gasteiger partial charge < -0.3 is 15.6 Å². The molecule has 2 aromatic rings. The highest BCUT2D eigenvalue weighted by Gasteiger charge is 2.11. The highest BCUT2D eigenvalue weighted by molar-refractivity contribution is 5.87. The molecule has 0 saturated carbocycles. The number of hydrogen-bond donors (Lipinski definition) is 2. The first kappa shape index (κ1) is 13.1. The molecule has 0 unspecified atom stereocenters. The predicted octanol–water partition coefficient (Wildman–Crippen LogP) is 0.994. The van der Waals surface area contributed by atoms with Gasteiger partial charge in [0.15, 0.2) is 5.69 Å². The zero-order valence-corrected chi connectivity index (χ0v) is 10.3. The first-order chi connectivity index (χ1) is 9.20. The Morgan fingerprint density at radius 3 is 3.00 bits per heavy atom. The second kappa shape index (κ2) is 6.01. The van der Waals surface area contributed by atoms with Gasteiger partial charge in [-0.05, 0) is 24.3 Å². The zero-order valence-electron chi connectivity index (χ0n) is 10.3. The third-order valence-corrected chi connectivity index (χ3v) is 2.47. The van der Waals surface area contributed by atoms with Gasteiger partial charge in [-0.3, -0.25) is 0 Å². The van der Waals surface area contributed by atoms with Crippen molar-refractivity contribution in [1.82, 2.24) is 9.78 Å². The Kier molecular flexibility index (Phi) is 4.15. The maximum atomic E-state index is 11.6. The Balaban J connectivity index is 2.08. The van der Waals surface area contributed by atoms with E-state index in [0.29, 0.717) is 12.1 Å². The second-order valence-corrected chi connectivity index (χ2v) is 3.95. The van der Waals surface area contributed by atoms with E-state index in [4.69, 9.17) is 15.6 Å². The minimum atomic E-state index is -0.504. The number of carbonyl (C=O) groups is 1. The van der Waals surface area contributed by atoms with Gasteiger partial charge >= 0.3 is 5.97 Å². The summed E-state index contributed by atoms with van der Waals surface area (Å²) in [5.41, 5.74) is 7.31. The molecule has 1 aromatic heterocycles. The third-order valence-electron chi connectivity index (χ3n) is 2.47. The molecule has 0 spiro atoms. The Morgan fingerprint density at radius 1 is 1.42 bits per heavy atom. The minimum Gasteiger partial charge on any atom is -0.461 e. The van der Waals surface area contributed by atoms with E-state index in [9.17, 15) is 4.79 Å². The molecule has 1 aromatic carbocycles. The number of anilines is 1. The summed E-state index contributed by atoms with van der Waals surface area (Å²) < 4.78 is 6.50. The van der Waals surface area contributed by atoms with Gasteiger partial charge in [-0.2, -0.15) is 5.10 Å². The van der Waals surface area contributed by atoms with Gasteiger partial charge in [0.2, 0.25) is 0 Å². The lowest BCUT2D eigenvalue weighted by Crippen LogP contribution is -2.09. The molecule has 0 amide bonds. The summed E-state index contributed by atoms with van der Waals surface area (Å²) in [5, 5.41) is 12.7. The number of aromatic nitrogens is 2. The van der Waals surface area contributed by atoms with Gasteiger partial charge in [-0.15, -0.1) is 0 Å². The molecule has 100 valence electrons. The van der Waals surface area contributed by atoms with E-state index in [2.05, 4.69) is 5.10 Å². The van der Waals surface area contributed by atoms with Crippen LogP contribution in [0.4, 0.5) is 5.69 Å². The van der Waals surface area contributed by atoms with Gasteiger partial charge in [0, 0.05) is 24.9 Å². The summed E-state index contributed by atoms with van der Waals surface area (Å²) in [6, 6.07) is 8.76. The van der Waals surface area contributed by atoms with Crippen molar-refractivity contribution in [2.45, 2.75) is 6.42 Å². The summed E-state index contributed by atoms with van der Waals surface area (Å²) in [6.07, 6.45) is 2.08. The second-order valence-electron chi connectivity index (χ2n) is 3.95. The smallest absolute Gasteiger partial charge is 0.358 e. The van der Waals surface area contributed by atoms with Crippen LogP contribution < -0.4 is 5.73 Å². The number of nitrogens with two attached hydrogens (primary N) is 1. The number of rotatable bonds is 5.